The predicted molar refractivity (Wildman–Crippen MR) is 158 cm³/mol. The van der Waals surface area contributed by atoms with Crippen molar-refractivity contribution in [3.8, 4) is 0 Å². The number of hydrogen-bond donors (Lipinski definition) is 0. The molecule has 33 heavy (non-hydrogen) atoms. The van der Waals surface area contributed by atoms with Crippen LogP contribution in [0.2, 0.25) is 0 Å². The number of ketones is 1. The number of halogens is 2. The van der Waals surface area contributed by atoms with Crippen molar-refractivity contribution in [3.63, 3.8) is 0 Å². The highest BCUT2D eigenvalue weighted by Crippen LogP contribution is 2.75. The van der Waals surface area contributed by atoms with Crippen LogP contribution < -0.4 is 0 Å². The minimum atomic E-state index is -0.141. The van der Waals surface area contributed by atoms with E-state index in [1.807, 2.05) is 5.57 Å². The molecule has 0 aromatic carbocycles. The average molecular weight is 679 g/mol. The third kappa shape index (κ3) is 3.71. The van der Waals surface area contributed by atoms with Gasteiger partial charge in [-0.15, -0.1) is 0 Å². The maximum Gasteiger partial charge on any atom is 0.138 e. The van der Waals surface area contributed by atoms with Gasteiger partial charge in [-0.3, -0.25) is 4.79 Å². The lowest BCUT2D eigenvalue weighted by molar-refractivity contribution is -0.184. The second-order valence-electron chi connectivity index (χ2n) is 15.0. The van der Waals surface area contributed by atoms with Gasteiger partial charge in [-0.2, -0.15) is 0 Å². The molecule has 0 spiro atoms. The number of fused-ring (bicyclic) bond motifs is 7. The summed E-state index contributed by atoms with van der Waals surface area (Å²) in [7, 11) is 0. The molecule has 0 saturated heterocycles. The van der Waals surface area contributed by atoms with E-state index in [9.17, 15) is 4.79 Å². The first kappa shape index (κ1) is 26.9. The molecular formula is C30H48I2O. The van der Waals surface area contributed by atoms with Crippen LogP contribution in [0.5, 0.6) is 0 Å². The number of rotatable bonds is 0. The third-order valence-electron chi connectivity index (χ3n) is 12.8. The first-order valence-electron chi connectivity index (χ1n) is 13.6. The predicted octanol–water partition coefficient (Wildman–Crippen LogP) is 10.1. The molecule has 0 bridgehead atoms. The highest BCUT2D eigenvalue weighted by Gasteiger charge is 2.67. The van der Waals surface area contributed by atoms with Crippen molar-refractivity contribution in [2.24, 2.45) is 50.2 Å². The van der Waals surface area contributed by atoms with Crippen molar-refractivity contribution < 1.29 is 4.79 Å². The minimum absolute atomic E-state index is 0.141. The molecule has 1 nitrogen and oxygen atoms in total. The van der Waals surface area contributed by atoms with E-state index in [-0.39, 0.29) is 5.41 Å². The molecular weight excluding hydrogens is 630 g/mol. The molecule has 5 aliphatic rings. The lowest BCUT2D eigenvalue weighted by Crippen LogP contribution is -2.64. The normalized spacial score (nSPS) is 49.8. The Bertz CT molecular complexity index is 842. The van der Waals surface area contributed by atoms with Crippen LogP contribution >= 0.6 is 37.2 Å². The average Bonchev–Trinajstić information content (AvgIpc) is 2.74. The molecule has 0 heterocycles. The molecule has 5 aliphatic carbocycles. The molecule has 0 aliphatic heterocycles. The van der Waals surface area contributed by atoms with Gasteiger partial charge in [0.1, 0.15) is 5.78 Å². The monoisotopic (exact) mass is 678 g/mol. The van der Waals surface area contributed by atoms with Crippen LogP contribution in [0.1, 0.15) is 120 Å². The summed E-state index contributed by atoms with van der Waals surface area (Å²) in [5.74, 6) is 2.58. The summed E-state index contributed by atoms with van der Waals surface area (Å²) in [6.07, 6.45) is 15.5. The van der Waals surface area contributed by atoms with E-state index in [1.54, 1.807) is 0 Å². The van der Waals surface area contributed by atoms with Crippen LogP contribution in [-0.4, -0.2) is 5.78 Å². The number of carbonyl (C=O) groups excluding carboxylic acids is 1. The first-order chi connectivity index (χ1) is 15.2. The quantitative estimate of drug-likeness (QED) is 0.184. The molecule has 7 atom stereocenters. The molecule has 3 heteroatoms. The van der Waals surface area contributed by atoms with E-state index in [0.29, 0.717) is 38.8 Å². The highest BCUT2D eigenvalue weighted by molar-refractivity contribution is 15.0. The molecule has 5 rings (SSSR count). The summed E-state index contributed by atoms with van der Waals surface area (Å²) in [4.78, 5) is 12.9. The summed E-state index contributed by atoms with van der Waals surface area (Å²) in [5, 5.41) is 0. The van der Waals surface area contributed by atoms with Crippen molar-refractivity contribution in [2.75, 3.05) is 0 Å². The largest absolute Gasteiger partial charge is 0.299 e. The third-order valence-corrected chi connectivity index (χ3v) is 12.8. The number of Topliss-reactive ketones (excluding diaryl/α,β-unsaturated/α-hetero) is 1. The van der Waals surface area contributed by atoms with Crippen molar-refractivity contribution in [1.82, 2.24) is 0 Å². The molecule has 3 unspecified atom stereocenters. The molecule has 0 aromatic rings. The van der Waals surface area contributed by atoms with E-state index in [0.717, 1.165) is 24.7 Å². The Kier molecular flexibility index (Phi) is 6.89. The van der Waals surface area contributed by atoms with Crippen LogP contribution in [0, 0.1) is 50.2 Å². The van der Waals surface area contributed by atoms with Gasteiger partial charge in [0.25, 0.3) is 0 Å². The van der Waals surface area contributed by atoms with Gasteiger partial charge >= 0.3 is 0 Å². The van der Waals surface area contributed by atoms with Gasteiger partial charge in [-0.25, -0.2) is 0 Å². The van der Waals surface area contributed by atoms with Gasteiger partial charge < -0.3 is 0 Å². The lowest BCUT2D eigenvalue weighted by atomic mass is 9.34. The second-order valence-corrected chi connectivity index (χ2v) is 15.0. The first-order valence-corrected chi connectivity index (χ1v) is 19.9. The zero-order valence-electron chi connectivity index (χ0n) is 22.5. The van der Waals surface area contributed by atoms with Gasteiger partial charge in [0.2, 0.25) is 0 Å². The summed E-state index contributed by atoms with van der Waals surface area (Å²) in [6.45, 7) is 20.1. The molecule has 0 N–H and O–H groups in total. The Morgan fingerprint density at radius 2 is 1.45 bits per heavy atom. The summed E-state index contributed by atoms with van der Waals surface area (Å²) in [6, 6.07) is 0. The van der Waals surface area contributed by atoms with Crippen LogP contribution in [0.25, 0.3) is 0 Å². The van der Waals surface area contributed by atoms with E-state index < -0.39 is 0 Å². The maximum atomic E-state index is 12.9. The highest BCUT2D eigenvalue weighted by atomic mass is 128. The Labute approximate surface area is 227 Å². The van der Waals surface area contributed by atoms with E-state index >= 15 is 0 Å². The SMILES string of the molecule is CC1(C)CC[C@]2(C)CC[C@]3(C)C(=CCC4[C@@]5(C)CCC(=O)C(C)(C)C5CC[C@]43C)C2C1.II. The summed E-state index contributed by atoms with van der Waals surface area (Å²) >= 11 is 4.24. The molecule has 0 amide bonds. The van der Waals surface area contributed by atoms with Crippen molar-refractivity contribution >= 4 is 43.0 Å². The van der Waals surface area contributed by atoms with Gasteiger partial charge in [0, 0.05) is 49.1 Å². The van der Waals surface area contributed by atoms with Gasteiger partial charge in [-0.1, -0.05) is 67.0 Å². The Morgan fingerprint density at radius 3 is 2.12 bits per heavy atom. The van der Waals surface area contributed by atoms with Crippen molar-refractivity contribution in [2.45, 2.75) is 120 Å². The Hall–Kier alpha value is 0.870. The van der Waals surface area contributed by atoms with Crippen molar-refractivity contribution in [1.29, 1.82) is 0 Å². The lowest BCUT2D eigenvalue weighted by Gasteiger charge is -2.70. The van der Waals surface area contributed by atoms with E-state index in [1.165, 1.54) is 51.4 Å². The number of hydrogen-bond acceptors (Lipinski definition) is 1. The number of allylic oxidation sites excluding steroid dienone is 2. The topological polar surface area (TPSA) is 17.1 Å². The van der Waals surface area contributed by atoms with Gasteiger partial charge in [-0.05, 0) is 103 Å². The second kappa shape index (κ2) is 8.45. The minimum Gasteiger partial charge on any atom is -0.299 e. The van der Waals surface area contributed by atoms with E-state index in [2.05, 4.69) is 98.7 Å². The zero-order valence-corrected chi connectivity index (χ0v) is 26.9. The molecule has 0 aromatic heterocycles. The fourth-order valence-electron chi connectivity index (χ4n) is 10.3. The number of carbonyl (C=O) groups is 1. The Balaban J connectivity index is 0.00000126. The molecule has 4 saturated carbocycles. The van der Waals surface area contributed by atoms with Gasteiger partial charge in [0.05, 0.1) is 0 Å². The maximum absolute atomic E-state index is 12.9. The fourth-order valence-corrected chi connectivity index (χ4v) is 10.3. The molecule has 0 radical (unpaired) electrons. The zero-order chi connectivity index (χ0) is 24.7. The van der Waals surface area contributed by atoms with E-state index in [4.69, 9.17) is 0 Å². The van der Waals surface area contributed by atoms with Crippen molar-refractivity contribution in [3.05, 3.63) is 11.6 Å². The van der Waals surface area contributed by atoms with Crippen LogP contribution in [0.4, 0.5) is 0 Å². The summed E-state index contributed by atoms with van der Waals surface area (Å²) < 4.78 is 0. The standard InChI is InChI=1S/C30H48O.I2/c1-25(2)15-16-27(5)17-18-29(7)20(21(27)19-25)9-10-23-28(6)13-12-24(31)26(3,4)22(28)11-14-30(23,29)8;1-2/h9,21-23H,10-19H2,1-8H3;/t21?,22?,23?,27-,28+,29-,30-;/m1./s1. The molecule has 4 fully saturated rings. The molecule has 188 valence electrons. The van der Waals surface area contributed by atoms with Gasteiger partial charge in [0.15, 0.2) is 0 Å². The summed E-state index contributed by atoms with van der Waals surface area (Å²) in [5.41, 5.74) is 3.75. The Morgan fingerprint density at radius 1 is 0.818 bits per heavy atom. The van der Waals surface area contributed by atoms with Crippen LogP contribution in [0.15, 0.2) is 11.6 Å². The van der Waals surface area contributed by atoms with Crippen LogP contribution in [0.3, 0.4) is 0 Å². The van der Waals surface area contributed by atoms with Crippen LogP contribution in [-0.2, 0) is 4.79 Å². The smallest absolute Gasteiger partial charge is 0.138 e. The fraction of sp³-hybridized carbons (Fsp3) is 0.900.